The van der Waals surface area contributed by atoms with Gasteiger partial charge in [0.05, 0.1) is 0 Å². The molecule has 0 saturated heterocycles. The summed E-state index contributed by atoms with van der Waals surface area (Å²) in [6, 6.07) is 0. The van der Waals surface area contributed by atoms with E-state index in [0.29, 0.717) is 0 Å². The smallest absolute Gasteiger partial charge is 0.0313 e. The molecule has 0 aliphatic carbocycles. The lowest BCUT2D eigenvalue weighted by Gasteiger charge is -1.86. The van der Waals surface area contributed by atoms with Crippen molar-refractivity contribution in [1.82, 2.24) is 0 Å². The Morgan fingerprint density at radius 2 is 1.89 bits per heavy atom. The van der Waals surface area contributed by atoms with Gasteiger partial charge in [0, 0.05) is 12.8 Å². The number of allylic oxidation sites excluding steroid dienone is 3. The van der Waals surface area contributed by atoms with Gasteiger partial charge in [0.15, 0.2) is 0 Å². The molecule has 0 aromatic rings. The van der Waals surface area contributed by atoms with E-state index in [1.807, 2.05) is 26.0 Å². The minimum Gasteiger partial charge on any atom is -0.293 e. The van der Waals surface area contributed by atoms with Crippen LogP contribution in [0.25, 0.3) is 0 Å². The summed E-state index contributed by atoms with van der Waals surface area (Å²) in [5.74, 6) is 0. The van der Waals surface area contributed by atoms with Crippen LogP contribution in [-0.2, 0) is 0 Å². The van der Waals surface area contributed by atoms with Gasteiger partial charge in [0.2, 0.25) is 0 Å². The lowest BCUT2D eigenvalue weighted by molar-refractivity contribution is 1.43. The summed E-state index contributed by atoms with van der Waals surface area (Å²) in [5, 5.41) is 0. The van der Waals surface area contributed by atoms with E-state index in [2.05, 4.69) is 11.6 Å². The third kappa shape index (κ3) is 5.01. The monoisotopic (exact) mass is 123 g/mol. The van der Waals surface area contributed by atoms with Crippen molar-refractivity contribution in [1.29, 1.82) is 0 Å². The second-order valence-electron chi connectivity index (χ2n) is 2.04. The van der Waals surface area contributed by atoms with Gasteiger partial charge in [-0.1, -0.05) is 18.2 Å². The molecule has 0 amide bonds. The van der Waals surface area contributed by atoms with Crippen LogP contribution in [0, 0.1) is 0 Å². The first kappa shape index (κ1) is 8.15. The summed E-state index contributed by atoms with van der Waals surface area (Å²) in [7, 11) is 1.78. The maximum absolute atomic E-state index is 3.95. The molecular formula is C8H13N. The lowest BCUT2D eigenvalue weighted by Crippen LogP contribution is -1.81. The summed E-state index contributed by atoms with van der Waals surface area (Å²) >= 11 is 0. The molecule has 0 aromatic heterocycles. The van der Waals surface area contributed by atoms with E-state index in [1.54, 1.807) is 7.05 Å². The van der Waals surface area contributed by atoms with Crippen molar-refractivity contribution < 1.29 is 0 Å². The van der Waals surface area contributed by atoms with Crippen molar-refractivity contribution in [2.24, 2.45) is 4.99 Å². The minimum absolute atomic E-state index is 1.03. The van der Waals surface area contributed by atoms with Gasteiger partial charge in [-0.05, 0) is 19.9 Å². The van der Waals surface area contributed by atoms with Crippen molar-refractivity contribution in [3.63, 3.8) is 0 Å². The second kappa shape index (κ2) is 4.07. The highest BCUT2D eigenvalue weighted by Gasteiger charge is 1.77. The molecule has 0 N–H and O–H groups in total. The van der Waals surface area contributed by atoms with E-state index in [1.165, 1.54) is 0 Å². The van der Waals surface area contributed by atoms with E-state index >= 15 is 0 Å². The molecular weight excluding hydrogens is 110 g/mol. The Morgan fingerprint density at radius 3 is 2.22 bits per heavy atom. The molecule has 0 atom stereocenters. The van der Waals surface area contributed by atoms with Crippen LogP contribution < -0.4 is 0 Å². The second-order valence-corrected chi connectivity index (χ2v) is 2.04. The van der Waals surface area contributed by atoms with E-state index in [4.69, 9.17) is 0 Å². The van der Waals surface area contributed by atoms with E-state index in [-0.39, 0.29) is 0 Å². The van der Waals surface area contributed by atoms with Gasteiger partial charge in [-0.3, -0.25) is 4.99 Å². The Labute approximate surface area is 56.8 Å². The van der Waals surface area contributed by atoms with E-state index in [9.17, 15) is 0 Å². The average Bonchev–Trinajstić information content (AvgIpc) is 1.83. The quantitative estimate of drug-likeness (QED) is 0.394. The zero-order valence-electron chi connectivity index (χ0n) is 6.31. The Bertz CT molecular complexity index is 152. The number of hydrogen-bond acceptors (Lipinski definition) is 1. The fourth-order valence-electron chi connectivity index (χ4n) is 0.337. The molecule has 0 aromatic carbocycles. The topological polar surface area (TPSA) is 12.4 Å². The predicted molar refractivity (Wildman–Crippen MR) is 43.0 cm³/mol. The number of aliphatic imine (C=N–C) groups is 1. The first-order valence-electron chi connectivity index (χ1n) is 2.94. The van der Waals surface area contributed by atoms with Crippen LogP contribution in [0.5, 0.6) is 0 Å². The van der Waals surface area contributed by atoms with Crippen molar-refractivity contribution >= 4 is 5.71 Å². The molecule has 50 valence electrons. The molecule has 0 spiro atoms. The largest absolute Gasteiger partial charge is 0.293 e. The Balaban J connectivity index is 3.86. The van der Waals surface area contributed by atoms with Crippen LogP contribution >= 0.6 is 0 Å². The highest BCUT2D eigenvalue weighted by molar-refractivity contribution is 5.92. The van der Waals surface area contributed by atoms with Gasteiger partial charge in [0.25, 0.3) is 0 Å². The first-order valence-corrected chi connectivity index (χ1v) is 2.94. The molecule has 0 heterocycles. The molecule has 0 aliphatic rings. The molecule has 9 heavy (non-hydrogen) atoms. The standard InChI is InChI=1S/C8H13N/c1-7(2)5-6-8(3)9-4/h5-6H,1H2,2-4H3/b6-5-,9-8-. The summed E-state index contributed by atoms with van der Waals surface area (Å²) in [5.41, 5.74) is 2.08. The molecule has 0 radical (unpaired) electrons. The molecule has 0 saturated carbocycles. The van der Waals surface area contributed by atoms with Crippen LogP contribution in [0.15, 0.2) is 29.3 Å². The van der Waals surface area contributed by atoms with Gasteiger partial charge in [0.1, 0.15) is 0 Å². The molecule has 0 rings (SSSR count). The first-order chi connectivity index (χ1) is 4.16. The van der Waals surface area contributed by atoms with Crippen LogP contribution in [-0.4, -0.2) is 12.8 Å². The van der Waals surface area contributed by atoms with Crippen LogP contribution in [0.3, 0.4) is 0 Å². The van der Waals surface area contributed by atoms with E-state index < -0.39 is 0 Å². The maximum Gasteiger partial charge on any atom is 0.0313 e. The number of nitrogens with zero attached hydrogens (tertiary/aromatic N) is 1. The van der Waals surface area contributed by atoms with Crippen molar-refractivity contribution in [3.8, 4) is 0 Å². The van der Waals surface area contributed by atoms with Gasteiger partial charge in [-0.2, -0.15) is 0 Å². The Kier molecular flexibility index (Phi) is 3.69. The average molecular weight is 123 g/mol. The third-order valence-corrected chi connectivity index (χ3v) is 0.962. The minimum atomic E-state index is 1.03. The van der Waals surface area contributed by atoms with E-state index in [0.717, 1.165) is 11.3 Å². The molecule has 0 fully saturated rings. The summed E-state index contributed by atoms with van der Waals surface area (Å²) in [6.45, 7) is 7.64. The normalized spacial score (nSPS) is 12.6. The summed E-state index contributed by atoms with van der Waals surface area (Å²) in [6.07, 6.45) is 3.89. The van der Waals surface area contributed by atoms with Crippen molar-refractivity contribution in [2.45, 2.75) is 13.8 Å². The summed E-state index contributed by atoms with van der Waals surface area (Å²) < 4.78 is 0. The number of hydrogen-bond donors (Lipinski definition) is 0. The van der Waals surface area contributed by atoms with Gasteiger partial charge < -0.3 is 0 Å². The van der Waals surface area contributed by atoms with Gasteiger partial charge >= 0.3 is 0 Å². The Hall–Kier alpha value is -0.850. The fourth-order valence-corrected chi connectivity index (χ4v) is 0.337. The highest BCUT2D eigenvalue weighted by Crippen LogP contribution is 1.89. The lowest BCUT2D eigenvalue weighted by atomic mass is 10.3. The highest BCUT2D eigenvalue weighted by atomic mass is 14.7. The SMILES string of the molecule is C=C(C)/C=C\C(C)=N/C. The van der Waals surface area contributed by atoms with Crippen molar-refractivity contribution in [3.05, 3.63) is 24.3 Å². The molecule has 1 heteroatoms. The summed E-state index contributed by atoms with van der Waals surface area (Å²) in [4.78, 5) is 3.95. The molecule has 1 nitrogen and oxygen atoms in total. The van der Waals surface area contributed by atoms with Crippen LogP contribution in [0.1, 0.15) is 13.8 Å². The molecule has 0 aliphatic heterocycles. The fraction of sp³-hybridized carbons (Fsp3) is 0.375. The zero-order valence-corrected chi connectivity index (χ0v) is 6.31. The van der Waals surface area contributed by atoms with Gasteiger partial charge in [-0.15, -0.1) is 0 Å². The van der Waals surface area contributed by atoms with Crippen LogP contribution in [0.4, 0.5) is 0 Å². The molecule has 0 unspecified atom stereocenters. The predicted octanol–water partition coefficient (Wildman–Crippen LogP) is 2.21. The van der Waals surface area contributed by atoms with Gasteiger partial charge in [-0.25, -0.2) is 0 Å². The third-order valence-electron chi connectivity index (χ3n) is 0.962. The number of rotatable bonds is 2. The van der Waals surface area contributed by atoms with Crippen molar-refractivity contribution in [2.75, 3.05) is 7.05 Å². The molecule has 0 bridgehead atoms. The maximum atomic E-state index is 3.95. The zero-order chi connectivity index (χ0) is 7.28. The Morgan fingerprint density at radius 1 is 1.33 bits per heavy atom. The van der Waals surface area contributed by atoms with Crippen LogP contribution in [0.2, 0.25) is 0 Å².